The number of rotatable bonds is 5. The highest BCUT2D eigenvalue weighted by Crippen LogP contribution is 2.38. The van der Waals surface area contributed by atoms with Crippen LogP contribution in [0.3, 0.4) is 0 Å². The van der Waals surface area contributed by atoms with Crippen LogP contribution in [0.15, 0.2) is 17.0 Å². The molecule has 5 nitrogen and oxygen atoms in total. The second-order valence-corrected chi connectivity index (χ2v) is 7.83. The standard InChI is InChI=1S/C15H18ClFO5S/c1-3-22-12-8-11(17)14(7-10(12)16)23(19,20)13-6-4-5-9(13)15(18)21-2/h7-9,13H,3-6H2,1-2H3. The molecule has 23 heavy (non-hydrogen) atoms. The smallest absolute Gasteiger partial charge is 0.309 e. The van der Waals surface area contributed by atoms with Gasteiger partial charge < -0.3 is 9.47 Å². The molecule has 0 radical (unpaired) electrons. The quantitative estimate of drug-likeness (QED) is 0.751. The van der Waals surface area contributed by atoms with Crippen LogP contribution < -0.4 is 4.74 Å². The SMILES string of the molecule is CCOc1cc(F)c(S(=O)(=O)C2CCCC2C(=O)OC)cc1Cl. The molecule has 0 N–H and O–H groups in total. The fourth-order valence-electron chi connectivity index (χ4n) is 2.88. The van der Waals surface area contributed by atoms with Crippen molar-refractivity contribution in [2.45, 2.75) is 36.3 Å². The fourth-order valence-corrected chi connectivity index (χ4v) is 5.25. The van der Waals surface area contributed by atoms with Gasteiger partial charge in [-0.15, -0.1) is 0 Å². The van der Waals surface area contributed by atoms with Crippen molar-refractivity contribution < 1.29 is 27.1 Å². The lowest BCUT2D eigenvalue weighted by atomic mass is 10.1. The van der Waals surface area contributed by atoms with E-state index in [9.17, 15) is 17.6 Å². The zero-order valence-electron chi connectivity index (χ0n) is 12.8. The van der Waals surface area contributed by atoms with Crippen LogP contribution in [0.25, 0.3) is 0 Å². The van der Waals surface area contributed by atoms with Gasteiger partial charge in [-0.25, -0.2) is 12.8 Å². The van der Waals surface area contributed by atoms with E-state index in [1.165, 1.54) is 7.11 Å². The topological polar surface area (TPSA) is 69.7 Å². The number of ether oxygens (including phenoxy) is 2. The summed E-state index contributed by atoms with van der Waals surface area (Å²) in [6.45, 7) is 1.98. The molecule has 1 aromatic carbocycles. The molecule has 1 aromatic rings. The van der Waals surface area contributed by atoms with Gasteiger partial charge in [-0.3, -0.25) is 4.79 Å². The molecule has 0 aliphatic heterocycles. The predicted octanol–water partition coefficient (Wildman–Crippen LogP) is 2.99. The minimum Gasteiger partial charge on any atom is -0.492 e. The summed E-state index contributed by atoms with van der Waals surface area (Å²) in [6, 6.07) is 2.00. The summed E-state index contributed by atoms with van der Waals surface area (Å²) < 4.78 is 49.6. The lowest BCUT2D eigenvalue weighted by Gasteiger charge is -2.19. The lowest BCUT2D eigenvalue weighted by Crippen LogP contribution is -2.32. The molecule has 2 rings (SSSR count). The molecule has 1 aliphatic carbocycles. The van der Waals surface area contributed by atoms with E-state index in [1.54, 1.807) is 6.92 Å². The first kappa shape index (κ1) is 18.0. The third kappa shape index (κ3) is 3.45. The highest BCUT2D eigenvalue weighted by Gasteiger charge is 2.44. The highest BCUT2D eigenvalue weighted by atomic mass is 35.5. The van der Waals surface area contributed by atoms with Gasteiger partial charge in [0.05, 0.1) is 29.9 Å². The van der Waals surface area contributed by atoms with Crippen LogP contribution in [-0.2, 0) is 19.4 Å². The van der Waals surface area contributed by atoms with E-state index >= 15 is 0 Å². The van der Waals surface area contributed by atoms with E-state index in [4.69, 9.17) is 16.3 Å². The average molecular weight is 365 g/mol. The van der Waals surface area contributed by atoms with Crippen molar-refractivity contribution in [2.75, 3.05) is 13.7 Å². The van der Waals surface area contributed by atoms with Crippen LogP contribution in [0.2, 0.25) is 5.02 Å². The summed E-state index contributed by atoms with van der Waals surface area (Å²) in [7, 11) is -2.84. The maximum Gasteiger partial charge on any atom is 0.309 e. The summed E-state index contributed by atoms with van der Waals surface area (Å²) >= 11 is 5.97. The van der Waals surface area contributed by atoms with Crippen molar-refractivity contribution in [2.24, 2.45) is 5.92 Å². The Balaban J connectivity index is 2.43. The molecule has 0 saturated heterocycles. The van der Waals surface area contributed by atoms with Crippen molar-refractivity contribution in [3.8, 4) is 5.75 Å². The van der Waals surface area contributed by atoms with Gasteiger partial charge in [0.25, 0.3) is 0 Å². The molecular weight excluding hydrogens is 347 g/mol. The van der Waals surface area contributed by atoms with E-state index in [0.717, 1.165) is 12.1 Å². The van der Waals surface area contributed by atoms with E-state index in [-0.39, 0.29) is 23.8 Å². The first-order valence-corrected chi connectivity index (χ1v) is 9.19. The Morgan fingerprint density at radius 2 is 2.09 bits per heavy atom. The Hall–Kier alpha value is -1.34. The third-order valence-corrected chi connectivity index (χ3v) is 6.53. The lowest BCUT2D eigenvalue weighted by molar-refractivity contribution is -0.145. The number of esters is 1. The first-order valence-electron chi connectivity index (χ1n) is 7.26. The van der Waals surface area contributed by atoms with Crippen LogP contribution >= 0.6 is 11.6 Å². The van der Waals surface area contributed by atoms with E-state index in [0.29, 0.717) is 12.8 Å². The minimum absolute atomic E-state index is 0.0134. The fraction of sp³-hybridized carbons (Fsp3) is 0.533. The Labute approximate surface area is 139 Å². The number of benzene rings is 1. The van der Waals surface area contributed by atoms with Crippen LogP contribution in [0.5, 0.6) is 5.75 Å². The van der Waals surface area contributed by atoms with Gasteiger partial charge in [-0.05, 0) is 25.8 Å². The molecule has 1 fully saturated rings. The molecule has 1 saturated carbocycles. The second-order valence-electron chi connectivity index (χ2n) is 5.29. The molecule has 0 bridgehead atoms. The zero-order chi connectivity index (χ0) is 17.2. The molecule has 128 valence electrons. The third-order valence-electron chi connectivity index (χ3n) is 3.95. The zero-order valence-corrected chi connectivity index (χ0v) is 14.4. The number of hydrogen-bond acceptors (Lipinski definition) is 5. The van der Waals surface area contributed by atoms with Crippen molar-refractivity contribution in [1.82, 2.24) is 0 Å². The molecule has 1 aliphatic rings. The van der Waals surface area contributed by atoms with Crippen molar-refractivity contribution in [3.05, 3.63) is 23.0 Å². The largest absolute Gasteiger partial charge is 0.492 e. The molecular formula is C15H18ClFO5S. The molecule has 8 heteroatoms. The molecule has 0 aromatic heterocycles. The van der Waals surface area contributed by atoms with Crippen molar-refractivity contribution in [1.29, 1.82) is 0 Å². The number of halogens is 2. The van der Waals surface area contributed by atoms with Gasteiger partial charge in [0.15, 0.2) is 9.84 Å². The van der Waals surface area contributed by atoms with Crippen LogP contribution in [0.1, 0.15) is 26.2 Å². The minimum atomic E-state index is -4.04. The van der Waals surface area contributed by atoms with E-state index < -0.39 is 37.7 Å². The number of hydrogen-bond donors (Lipinski definition) is 0. The first-order chi connectivity index (χ1) is 10.8. The van der Waals surface area contributed by atoms with Gasteiger partial charge in [-0.1, -0.05) is 18.0 Å². The van der Waals surface area contributed by atoms with E-state index in [2.05, 4.69) is 4.74 Å². The summed E-state index contributed by atoms with van der Waals surface area (Å²) in [6.07, 6.45) is 1.26. The monoisotopic (exact) mass is 364 g/mol. The Morgan fingerprint density at radius 3 is 2.70 bits per heavy atom. The number of methoxy groups -OCH3 is 1. The van der Waals surface area contributed by atoms with Gasteiger partial charge in [0.2, 0.25) is 0 Å². The Morgan fingerprint density at radius 1 is 1.39 bits per heavy atom. The summed E-state index contributed by atoms with van der Waals surface area (Å²) in [5.41, 5.74) is 0. The van der Waals surface area contributed by atoms with Crippen LogP contribution in [-0.4, -0.2) is 33.4 Å². The van der Waals surface area contributed by atoms with Crippen molar-refractivity contribution >= 4 is 27.4 Å². The van der Waals surface area contributed by atoms with Crippen LogP contribution in [0.4, 0.5) is 4.39 Å². The normalized spacial score (nSPS) is 21.2. The summed E-state index contributed by atoms with van der Waals surface area (Å²) in [4.78, 5) is 11.3. The summed E-state index contributed by atoms with van der Waals surface area (Å²) in [5.74, 6) is -2.22. The highest BCUT2D eigenvalue weighted by molar-refractivity contribution is 7.92. The van der Waals surface area contributed by atoms with Crippen LogP contribution in [0, 0.1) is 11.7 Å². The number of carbonyl (C=O) groups is 1. The average Bonchev–Trinajstić information content (AvgIpc) is 3.00. The Kier molecular flexibility index (Phi) is 5.52. The number of sulfone groups is 1. The molecule has 0 amide bonds. The predicted molar refractivity (Wildman–Crippen MR) is 82.9 cm³/mol. The molecule has 2 atom stereocenters. The van der Waals surface area contributed by atoms with E-state index in [1.807, 2.05) is 0 Å². The maximum atomic E-state index is 14.3. The molecule has 0 heterocycles. The van der Waals surface area contributed by atoms with Gasteiger partial charge >= 0.3 is 5.97 Å². The van der Waals surface area contributed by atoms with Gasteiger partial charge in [0, 0.05) is 6.07 Å². The maximum absolute atomic E-state index is 14.3. The van der Waals surface area contributed by atoms with Gasteiger partial charge in [0.1, 0.15) is 16.5 Å². The molecule has 2 unspecified atom stereocenters. The number of carbonyl (C=O) groups excluding carboxylic acids is 1. The second kappa shape index (κ2) is 7.05. The van der Waals surface area contributed by atoms with Crippen molar-refractivity contribution in [3.63, 3.8) is 0 Å². The molecule has 0 spiro atoms. The summed E-state index contributed by atoms with van der Waals surface area (Å²) in [5, 5.41) is -0.988. The Bertz CT molecular complexity index is 704. The van der Waals surface area contributed by atoms with Gasteiger partial charge in [-0.2, -0.15) is 0 Å².